The molecule has 0 fully saturated rings. The van der Waals surface area contributed by atoms with Gasteiger partial charge in [-0.2, -0.15) is 0 Å². The maximum Gasteiger partial charge on any atom is 0.257 e. The maximum absolute atomic E-state index is 13.8. The fraction of sp³-hybridized carbons (Fsp3) is 0.188. The summed E-state index contributed by atoms with van der Waals surface area (Å²) >= 11 is 17.6. The Hall–Kier alpha value is -1.69. The van der Waals surface area contributed by atoms with E-state index in [0.29, 0.717) is 5.56 Å². The van der Waals surface area contributed by atoms with Gasteiger partial charge in [0.25, 0.3) is 5.91 Å². The first kappa shape index (κ1) is 18.6. The summed E-state index contributed by atoms with van der Waals surface area (Å²) in [6.45, 7) is 1.65. The number of ether oxygens (including phenoxy) is 1. The quantitative estimate of drug-likeness (QED) is 0.721. The van der Waals surface area contributed by atoms with Crippen LogP contribution in [0.1, 0.15) is 28.9 Å². The second kappa shape index (κ2) is 7.47. The second-order valence-electron chi connectivity index (χ2n) is 4.97. The fourth-order valence-electron chi connectivity index (χ4n) is 2.10. The van der Waals surface area contributed by atoms with Crippen LogP contribution in [0, 0.1) is 5.82 Å². The van der Waals surface area contributed by atoms with Crippen molar-refractivity contribution in [1.82, 2.24) is 5.32 Å². The van der Waals surface area contributed by atoms with Gasteiger partial charge in [-0.25, -0.2) is 4.39 Å². The van der Waals surface area contributed by atoms with E-state index in [1.807, 2.05) is 0 Å². The third kappa shape index (κ3) is 3.69. The van der Waals surface area contributed by atoms with Crippen LogP contribution in [0.15, 0.2) is 24.3 Å². The highest BCUT2D eigenvalue weighted by atomic mass is 35.5. The van der Waals surface area contributed by atoms with Crippen LogP contribution in [0.2, 0.25) is 15.1 Å². The number of methoxy groups -OCH3 is 1. The monoisotopic (exact) mass is 391 g/mol. The van der Waals surface area contributed by atoms with Gasteiger partial charge >= 0.3 is 0 Å². The summed E-state index contributed by atoms with van der Waals surface area (Å²) in [5.41, 5.74) is 0.264. The van der Waals surface area contributed by atoms with Crippen molar-refractivity contribution in [1.29, 1.82) is 0 Å². The van der Waals surface area contributed by atoms with Crippen LogP contribution in [0.25, 0.3) is 0 Å². The van der Waals surface area contributed by atoms with Crippen molar-refractivity contribution in [3.8, 4) is 11.5 Å². The number of phenols is 1. The smallest absolute Gasteiger partial charge is 0.257 e. The number of carbonyl (C=O) groups excluding carboxylic acids is 1. The molecule has 0 spiro atoms. The molecule has 0 aromatic heterocycles. The number of halogens is 4. The number of nitrogens with one attached hydrogen (secondary N) is 1. The first-order valence-corrected chi connectivity index (χ1v) is 7.90. The Kier molecular flexibility index (Phi) is 5.80. The molecule has 0 aliphatic heterocycles. The van der Waals surface area contributed by atoms with Crippen LogP contribution < -0.4 is 10.1 Å². The molecule has 8 heteroatoms. The van der Waals surface area contributed by atoms with Crippen LogP contribution in [-0.4, -0.2) is 18.1 Å². The van der Waals surface area contributed by atoms with Crippen LogP contribution >= 0.6 is 34.8 Å². The Balaban J connectivity index is 2.28. The highest BCUT2D eigenvalue weighted by molar-refractivity contribution is 6.45. The number of phenolic OH excluding ortho intramolecular Hbond substituents is 1. The van der Waals surface area contributed by atoms with Gasteiger partial charge in [0.05, 0.1) is 28.2 Å². The van der Waals surface area contributed by atoms with E-state index in [0.717, 1.165) is 0 Å². The van der Waals surface area contributed by atoms with Crippen molar-refractivity contribution in [2.45, 2.75) is 13.0 Å². The third-order valence-electron chi connectivity index (χ3n) is 3.40. The zero-order valence-corrected chi connectivity index (χ0v) is 14.9. The van der Waals surface area contributed by atoms with Crippen molar-refractivity contribution in [2.75, 3.05) is 7.11 Å². The van der Waals surface area contributed by atoms with Gasteiger partial charge in [-0.1, -0.05) is 40.9 Å². The number of hydrogen-bond acceptors (Lipinski definition) is 3. The molecule has 1 unspecified atom stereocenters. The summed E-state index contributed by atoms with van der Waals surface area (Å²) in [6.07, 6.45) is 0. The Morgan fingerprint density at radius 3 is 2.50 bits per heavy atom. The van der Waals surface area contributed by atoms with E-state index in [1.165, 1.54) is 25.3 Å². The maximum atomic E-state index is 13.8. The van der Waals surface area contributed by atoms with Gasteiger partial charge in [0.2, 0.25) is 0 Å². The van der Waals surface area contributed by atoms with Gasteiger partial charge in [0, 0.05) is 0 Å². The molecule has 2 N–H and O–H groups in total. The Bertz CT molecular complexity index is 772. The van der Waals surface area contributed by atoms with Gasteiger partial charge in [0.15, 0.2) is 11.6 Å². The molecule has 1 atom stereocenters. The molecular formula is C16H13Cl3FNO3. The van der Waals surface area contributed by atoms with E-state index in [-0.39, 0.29) is 26.4 Å². The fourth-order valence-corrected chi connectivity index (χ4v) is 2.79. The number of amides is 1. The third-order valence-corrected chi connectivity index (χ3v) is 4.47. The summed E-state index contributed by atoms with van der Waals surface area (Å²) in [4.78, 5) is 12.4. The van der Waals surface area contributed by atoms with Crippen molar-refractivity contribution in [3.05, 3.63) is 56.3 Å². The van der Waals surface area contributed by atoms with E-state index in [4.69, 9.17) is 39.5 Å². The minimum Gasteiger partial charge on any atom is -0.505 e. The van der Waals surface area contributed by atoms with Crippen molar-refractivity contribution in [3.63, 3.8) is 0 Å². The van der Waals surface area contributed by atoms with Crippen LogP contribution in [-0.2, 0) is 0 Å². The van der Waals surface area contributed by atoms with E-state index in [9.17, 15) is 14.3 Å². The van der Waals surface area contributed by atoms with Gasteiger partial charge < -0.3 is 15.2 Å². The largest absolute Gasteiger partial charge is 0.505 e. The van der Waals surface area contributed by atoms with E-state index >= 15 is 0 Å². The lowest BCUT2D eigenvalue weighted by atomic mass is 10.1. The van der Waals surface area contributed by atoms with Gasteiger partial charge in [-0.3, -0.25) is 4.79 Å². The summed E-state index contributed by atoms with van der Waals surface area (Å²) in [6, 6.07) is 4.98. The molecule has 24 heavy (non-hydrogen) atoms. The summed E-state index contributed by atoms with van der Waals surface area (Å²) in [5, 5.41) is 12.4. The van der Waals surface area contributed by atoms with Crippen molar-refractivity contribution in [2.24, 2.45) is 0 Å². The Morgan fingerprint density at radius 1 is 1.25 bits per heavy atom. The normalized spacial score (nSPS) is 11.9. The zero-order valence-electron chi connectivity index (χ0n) is 12.7. The number of rotatable bonds is 4. The van der Waals surface area contributed by atoms with Crippen molar-refractivity contribution >= 4 is 40.7 Å². The first-order chi connectivity index (χ1) is 11.3. The molecule has 4 nitrogen and oxygen atoms in total. The SMILES string of the molecule is COc1ccc(C(C)NC(=O)c2c(O)c(Cl)cc(Cl)c2Cl)cc1F. The highest BCUT2D eigenvalue weighted by Crippen LogP contribution is 2.38. The average molecular weight is 393 g/mol. The van der Waals surface area contributed by atoms with Crippen LogP contribution in [0.3, 0.4) is 0 Å². The standard InChI is InChI=1S/C16H13Cl3FNO3/c1-7(8-3-4-12(24-2)11(20)5-8)21-16(23)13-14(19)9(17)6-10(18)15(13)22/h3-7,22H,1-2H3,(H,21,23). The molecule has 0 radical (unpaired) electrons. The molecule has 2 aromatic carbocycles. The molecule has 0 saturated heterocycles. The topological polar surface area (TPSA) is 58.6 Å². The molecule has 0 heterocycles. The lowest BCUT2D eigenvalue weighted by Crippen LogP contribution is -2.27. The molecule has 0 bridgehead atoms. The first-order valence-electron chi connectivity index (χ1n) is 6.77. The average Bonchev–Trinajstić information content (AvgIpc) is 2.53. The number of aromatic hydroxyl groups is 1. The highest BCUT2D eigenvalue weighted by Gasteiger charge is 2.23. The molecule has 0 aliphatic rings. The molecular weight excluding hydrogens is 380 g/mol. The van der Waals surface area contributed by atoms with E-state index in [1.54, 1.807) is 13.0 Å². The van der Waals surface area contributed by atoms with E-state index in [2.05, 4.69) is 5.32 Å². The van der Waals surface area contributed by atoms with Crippen LogP contribution in [0.4, 0.5) is 4.39 Å². The molecule has 0 aliphatic carbocycles. The minimum absolute atomic E-state index is 0.0350. The number of hydrogen-bond donors (Lipinski definition) is 2. The summed E-state index contributed by atoms with van der Waals surface area (Å²) in [7, 11) is 1.36. The minimum atomic E-state index is -0.689. The predicted octanol–water partition coefficient (Wildman–Crippen LogP) is 4.99. The lowest BCUT2D eigenvalue weighted by molar-refractivity contribution is 0.0937. The van der Waals surface area contributed by atoms with Crippen molar-refractivity contribution < 1.29 is 19.0 Å². The molecule has 2 aromatic rings. The van der Waals surface area contributed by atoms with E-state index < -0.39 is 23.5 Å². The summed E-state index contributed by atoms with van der Waals surface area (Å²) < 4.78 is 18.6. The second-order valence-corrected chi connectivity index (χ2v) is 6.16. The molecule has 2 rings (SSSR count). The zero-order chi connectivity index (χ0) is 18.0. The Morgan fingerprint density at radius 2 is 1.92 bits per heavy atom. The summed E-state index contributed by atoms with van der Waals surface area (Å²) in [5.74, 6) is -1.62. The Labute approximate surface area is 153 Å². The predicted molar refractivity (Wildman–Crippen MR) is 92.0 cm³/mol. The molecule has 128 valence electrons. The molecule has 0 saturated carbocycles. The number of carbonyl (C=O) groups is 1. The van der Waals surface area contributed by atoms with Crippen LogP contribution in [0.5, 0.6) is 11.5 Å². The lowest BCUT2D eigenvalue weighted by Gasteiger charge is -2.17. The van der Waals surface area contributed by atoms with Gasteiger partial charge in [-0.15, -0.1) is 0 Å². The van der Waals surface area contributed by atoms with Gasteiger partial charge in [-0.05, 0) is 30.7 Å². The van der Waals surface area contributed by atoms with Gasteiger partial charge in [0.1, 0.15) is 11.3 Å². The molecule has 1 amide bonds. The number of benzene rings is 2.